The number of aliphatic hydroxyl groups is 1. The molecule has 0 amide bonds. The Labute approximate surface area is 109 Å². The molecule has 0 atom stereocenters. The molecule has 0 spiro atoms. The van der Waals surface area contributed by atoms with Gasteiger partial charge in [0.2, 0.25) is 0 Å². The van der Waals surface area contributed by atoms with E-state index < -0.39 is 0 Å². The molecule has 1 aromatic heterocycles. The molecule has 2 aromatic rings. The van der Waals surface area contributed by atoms with E-state index in [2.05, 4.69) is 33.8 Å². The molecule has 0 saturated carbocycles. The summed E-state index contributed by atoms with van der Waals surface area (Å²) in [7, 11) is 0. The molecule has 2 rings (SSSR count). The van der Waals surface area contributed by atoms with Crippen molar-refractivity contribution in [2.45, 2.75) is 39.5 Å². The Hall–Kier alpha value is -1.28. The van der Waals surface area contributed by atoms with E-state index >= 15 is 0 Å². The fraction of sp³-hybridized carbons (Fsp3) is 0.500. The van der Waals surface area contributed by atoms with Crippen molar-refractivity contribution in [2.24, 2.45) is 5.41 Å². The van der Waals surface area contributed by atoms with Crippen LogP contribution in [0.3, 0.4) is 0 Å². The van der Waals surface area contributed by atoms with Gasteiger partial charge in [-0.2, -0.15) is 0 Å². The lowest BCUT2D eigenvalue weighted by atomic mass is 9.72. The molecule has 0 fully saturated rings. The zero-order valence-electron chi connectivity index (χ0n) is 11.7. The minimum Gasteiger partial charge on any atom is -0.464 e. The van der Waals surface area contributed by atoms with E-state index in [1.807, 2.05) is 24.5 Å². The minimum atomic E-state index is -0.0815. The molecule has 2 heteroatoms. The summed E-state index contributed by atoms with van der Waals surface area (Å²) in [6, 6.07) is 8.11. The maximum atomic E-state index is 9.44. The monoisotopic (exact) mass is 246 g/mol. The van der Waals surface area contributed by atoms with Crippen LogP contribution >= 0.6 is 0 Å². The number of benzene rings is 1. The molecule has 1 N–H and O–H groups in total. The van der Waals surface area contributed by atoms with Gasteiger partial charge in [0, 0.05) is 17.6 Å². The van der Waals surface area contributed by atoms with E-state index in [-0.39, 0.29) is 17.4 Å². The van der Waals surface area contributed by atoms with Gasteiger partial charge in [-0.3, -0.25) is 0 Å². The molecule has 2 nitrogen and oxygen atoms in total. The predicted molar refractivity (Wildman–Crippen MR) is 74.7 cm³/mol. The van der Waals surface area contributed by atoms with Crippen LogP contribution in [0.2, 0.25) is 0 Å². The summed E-state index contributed by atoms with van der Waals surface area (Å²) >= 11 is 0. The molecule has 0 saturated heterocycles. The van der Waals surface area contributed by atoms with Crippen LogP contribution in [0.1, 0.15) is 39.7 Å². The van der Waals surface area contributed by atoms with Gasteiger partial charge >= 0.3 is 0 Å². The summed E-state index contributed by atoms with van der Waals surface area (Å²) in [6.45, 7) is 8.81. The van der Waals surface area contributed by atoms with E-state index in [1.165, 1.54) is 10.9 Å². The molecule has 98 valence electrons. The lowest BCUT2D eigenvalue weighted by Crippen LogP contribution is -2.29. The first-order valence-electron chi connectivity index (χ1n) is 6.43. The average Bonchev–Trinajstić information content (AvgIpc) is 2.72. The van der Waals surface area contributed by atoms with Gasteiger partial charge in [-0.25, -0.2) is 0 Å². The molecule has 0 aliphatic heterocycles. The number of aliphatic hydroxyl groups excluding tert-OH is 1. The smallest absolute Gasteiger partial charge is 0.134 e. The molecule has 1 aromatic carbocycles. The van der Waals surface area contributed by atoms with Crippen LogP contribution in [0.4, 0.5) is 0 Å². The van der Waals surface area contributed by atoms with Gasteiger partial charge in [0.05, 0.1) is 6.26 Å². The Bertz CT molecular complexity index is 535. The first-order chi connectivity index (χ1) is 8.36. The van der Waals surface area contributed by atoms with Gasteiger partial charge < -0.3 is 9.52 Å². The molecule has 18 heavy (non-hydrogen) atoms. The second-order valence-electron chi connectivity index (χ2n) is 6.53. The molecular formula is C16H22O2. The second kappa shape index (κ2) is 4.43. The topological polar surface area (TPSA) is 33.4 Å². The zero-order valence-corrected chi connectivity index (χ0v) is 11.7. The van der Waals surface area contributed by atoms with Crippen LogP contribution in [0.5, 0.6) is 0 Å². The normalized spacial score (nSPS) is 13.2. The molecule has 0 unspecified atom stereocenters. The summed E-state index contributed by atoms with van der Waals surface area (Å²) in [5, 5.41) is 10.6. The third-order valence-electron chi connectivity index (χ3n) is 3.56. The average molecular weight is 246 g/mol. The van der Waals surface area contributed by atoms with E-state index in [4.69, 9.17) is 4.42 Å². The van der Waals surface area contributed by atoms with Crippen molar-refractivity contribution in [1.82, 2.24) is 0 Å². The highest BCUT2D eigenvalue weighted by Gasteiger charge is 2.32. The van der Waals surface area contributed by atoms with Crippen molar-refractivity contribution in [3.05, 3.63) is 36.1 Å². The largest absolute Gasteiger partial charge is 0.464 e. The molecule has 0 radical (unpaired) electrons. The summed E-state index contributed by atoms with van der Waals surface area (Å²) in [5.41, 5.74) is 2.06. The lowest BCUT2D eigenvalue weighted by Gasteiger charge is -2.33. The molecule has 0 aliphatic rings. The maximum Gasteiger partial charge on any atom is 0.134 e. The lowest BCUT2D eigenvalue weighted by molar-refractivity contribution is 0.127. The number of rotatable bonds is 4. The van der Waals surface area contributed by atoms with Crippen molar-refractivity contribution in [3.8, 4) is 0 Å². The van der Waals surface area contributed by atoms with Gasteiger partial charge in [0.15, 0.2) is 0 Å². The van der Waals surface area contributed by atoms with Gasteiger partial charge in [-0.05, 0) is 23.3 Å². The number of furan rings is 1. The van der Waals surface area contributed by atoms with E-state index in [1.54, 1.807) is 0 Å². The summed E-state index contributed by atoms with van der Waals surface area (Å²) in [4.78, 5) is 0. The van der Waals surface area contributed by atoms with Crippen molar-refractivity contribution in [2.75, 3.05) is 6.61 Å². The number of hydrogen-bond acceptors (Lipinski definition) is 2. The third kappa shape index (κ3) is 2.44. The summed E-state index contributed by atoms with van der Waals surface area (Å²) in [5.74, 6) is 0. The van der Waals surface area contributed by atoms with Gasteiger partial charge in [-0.15, -0.1) is 0 Å². The molecule has 1 heterocycles. The van der Waals surface area contributed by atoms with Gasteiger partial charge in [0.1, 0.15) is 5.58 Å². The van der Waals surface area contributed by atoms with Crippen LogP contribution in [-0.4, -0.2) is 11.7 Å². The first kappa shape index (κ1) is 13.2. The standard InChI is InChI=1S/C16H22O2/c1-15(2,11-17)10-16(3,4)13-9-18-14-8-6-5-7-12(13)14/h5-9,17H,10-11H2,1-4H3. The highest BCUT2D eigenvalue weighted by atomic mass is 16.3. The van der Waals surface area contributed by atoms with Gasteiger partial charge in [0.25, 0.3) is 0 Å². The maximum absolute atomic E-state index is 9.44. The fourth-order valence-corrected chi connectivity index (χ4v) is 2.85. The highest BCUT2D eigenvalue weighted by molar-refractivity contribution is 5.82. The zero-order chi connectivity index (χ0) is 13.4. The highest BCUT2D eigenvalue weighted by Crippen LogP contribution is 2.39. The van der Waals surface area contributed by atoms with Crippen LogP contribution < -0.4 is 0 Å². The third-order valence-corrected chi connectivity index (χ3v) is 3.56. The SMILES string of the molecule is CC(C)(CO)CC(C)(C)c1coc2ccccc12. The second-order valence-corrected chi connectivity index (χ2v) is 6.53. The quantitative estimate of drug-likeness (QED) is 0.880. The van der Waals surface area contributed by atoms with Crippen LogP contribution in [0.25, 0.3) is 11.0 Å². The Morgan fingerprint density at radius 2 is 1.78 bits per heavy atom. The van der Waals surface area contributed by atoms with E-state index in [9.17, 15) is 5.11 Å². The first-order valence-corrected chi connectivity index (χ1v) is 6.43. The van der Waals surface area contributed by atoms with E-state index in [0.29, 0.717) is 0 Å². The fourth-order valence-electron chi connectivity index (χ4n) is 2.85. The molecular weight excluding hydrogens is 224 g/mol. The minimum absolute atomic E-state index is 0.0150. The van der Waals surface area contributed by atoms with E-state index in [0.717, 1.165) is 12.0 Å². The Balaban J connectivity index is 2.40. The molecule has 0 aliphatic carbocycles. The Morgan fingerprint density at radius 1 is 1.11 bits per heavy atom. The summed E-state index contributed by atoms with van der Waals surface area (Å²) in [6.07, 6.45) is 2.78. The van der Waals surface area contributed by atoms with Crippen molar-refractivity contribution >= 4 is 11.0 Å². The van der Waals surface area contributed by atoms with Gasteiger partial charge in [-0.1, -0.05) is 45.9 Å². The Morgan fingerprint density at radius 3 is 2.44 bits per heavy atom. The summed E-state index contributed by atoms with van der Waals surface area (Å²) < 4.78 is 5.62. The van der Waals surface area contributed by atoms with Crippen molar-refractivity contribution < 1.29 is 9.52 Å². The number of hydrogen-bond donors (Lipinski definition) is 1. The Kier molecular flexibility index (Phi) is 3.24. The van der Waals surface area contributed by atoms with Crippen LogP contribution in [0, 0.1) is 5.41 Å². The number of para-hydroxylation sites is 1. The number of fused-ring (bicyclic) bond motifs is 1. The van der Waals surface area contributed by atoms with Crippen LogP contribution in [0.15, 0.2) is 34.9 Å². The predicted octanol–water partition coefficient (Wildman–Crippen LogP) is 4.12. The van der Waals surface area contributed by atoms with Crippen molar-refractivity contribution in [3.63, 3.8) is 0 Å². The van der Waals surface area contributed by atoms with Crippen LogP contribution in [-0.2, 0) is 5.41 Å². The molecule has 0 bridgehead atoms. The van der Waals surface area contributed by atoms with Crippen molar-refractivity contribution in [1.29, 1.82) is 0 Å².